The maximum Gasteiger partial charge on any atom is 0.240 e. The van der Waals surface area contributed by atoms with Gasteiger partial charge in [0.05, 0.1) is 22.0 Å². The third-order valence-corrected chi connectivity index (χ3v) is 7.33. The van der Waals surface area contributed by atoms with Gasteiger partial charge in [-0.1, -0.05) is 52.5 Å². The molecule has 158 valence electrons. The predicted molar refractivity (Wildman–Crippen MR) is 124 cm³/mol. The quantitative estimate of drug-likeness (QED) is 0.471. The molecule has 11 heteroatoms. The number of hydrogen-bond acceptors (Lipinski definition) is 4. The number of anilines is 1. The fourth-order valence-electron chi connectivity index (χ4n) is 2.33. The van der Waals surface area contributed by atoms with Crippen molar-refractivity contribution in [3.63, 3.8) is 0 Å². The Bertz CT molecular complexity index is 967. The van der Waals surface area contributed by atoms with Gasteiger partial charge in [-0.15, -0.1) is 0 Å². The fraction of sp³-hybridized carbons (Fsp3) is 0.278. The van der Waals surface area contributed by atoms with Crippen molar-refractivity contribution in [2.24, 2.45) is 0 Å². The standard InChI is InChI=1S/C18H18Cl4N2O3S2/c1-29(26,27)24(12-5-6-16(21)17(22)9-12)10-18(25)23-7-8-28-11-13-14(19)3-2-4-15(13)20/h2-6,9H,7-8,10-11H2,1H3,(H,23,25). The van der Waals surface area contributed by atoms with Crippen LogP contribution >= 0.6 is 58.2 Å². The molecule has 0 unspecified atom stereocenters. The van der Waals surface area contributed by atoms with Gasteiger partial charge in [0, 0.05) is 28.1 Å². The van der Waals surface area contributed by atoms with E-state index in [4.69, 9.17) is 46.4 Å². The Labute approximate surface area is 194 Å². The molecule has 0 heterocycles. The Morgan fingerprint density at radius 1 is 1.03 bits per heavy atom. The predicted octanol–water partition coefficient (Wildman–Crippen LogP) is 5.12. The van der Waals surface area contributed by atoms with Crippen LogP contribution in [0.2, 0.25) is 20.1 Å². The van der Waals surface area contributed by atoms with Crippen molar-refractivity contribution in [3.8, 4) is 0 Å². The summed E-state index contributed by atoms with van der Waals surface area (Å²) in [7, 11) is -3.69. The van der Waals surface area contributed by atoms with Crippen molar-refractivity contribution in [1.82, 2.24) is 5.32 Å². The Morgan fingerprint density at radius 2 is 1.69 bits per heavy atom. The largest absolute Gasteiger partial charge is 0.354 e. The number of amides is 1. The van der Waals surface area contributed by atoms with Gasteiger partial charge in [0.15, 0.2) is 0 Å². The molecule has 0 aliphatic carbocycles. The van der Waals surface area contributed by atoms with E-state index >= 15 is 0 Å². The molecule has 0 aromatic heterocycles. The van der Waals surface area contributed by atoms with Crippen LogP contribution in [-0.2, 0) is 20.6 Å². The van der Waals surface area contributed by atoms with Crippen molar-refractivity contribution in [2.45, 2.75) is 5.75 Å². The third kappa shape index (κ3) is 7.42. The molecule has 5 nitrogen and oxygen atoms in total. The topological polar surface area (TPSA) is 66.5 Å². The number of carbonyl (C=O) groups is 1. The van der Waals surface area contributed by atoms with Crippen molar-refractivity contribution >= 4 is 79.8 Å². The lowest BCUT2D eigenvalue weighted by Crippen LogP contribution is -2.41. The average molecular weight is 516 g/mol. The van der Waals surface area contributed by atoms with Crippen molar-refractivity contribution in [3.05, 3.63) is 62.1 Å². The van der Waals surface area contributed by atoms with E-state index < -0.39 is 15.9 Å². The van der Waals surface area contributed by atoms with Crippen LogP contribution < -0.4 is 9.62 Å². The molecule has 0 aliphatic heterocycles. The lowest BCUT2D eigenvalue weighted by Gasteiger charge is -2.22. The summed E-state index contributed by atoms with van der Waals surface area (Å²) < 4.78 is 25.2. The van der Waals surface area contributed by atoms with Gasteiger partial charge in [0.2, 0.25) is 15.9 Å². The first-order valence-corrected chi connectivity index (χ1v) is 12.8. The van der Waals surface area contributed by atoms with Gasteiger partial charge < -0.3 is 5.32 Å². The van der Waals surface area contributed by atoms with Gasteiger partial charge in [0.1, 0.15) is 6.54 Å². The van der Waals surface area contributed by atoms with E-state index in [9.17, 15) is 13.2 Å². The molecule has 29 heavy (non-hydrogen) atoms. The number of carbonyl (C=O) groups excluding carboxylic acids is 1. The first kappa shape index (κ1) is 24.4. The first-order valence-electron chi connectivity index (χ1n) is 8.29. The second-order valence-corrected chi connectivity index (χ2v) is 10.6. The first-order chi connectivity index (χ1) is 13.6. The van der Waals surface area contributed by atoms with Crippen LogP contribution in [0.4, 0.5) is 5.69 Å². The summed E-state index contributed by atoms with van der Waals surface area (Å²) in [5.74, 6) is 0.782. The van der Waals surface area contributed by atoms with Crippen LogP contribution in [0.3, 0.4) is 0 Å². The van der Waals surface area contributed by atoms with Crippen LogP contribution in [0.5, 0.6) is 0 Å². The van der Waals surface area contributed by atoms with Crippen molar-refractivity contribution in [1.29, 1.82) is 0 Å². The van der Waals surface area contributed by atoms with E-state index in [2.05, 4.69) is 5.32 Å². The minimum atomic E-state index is -3.69. The molecule has 0 bridgehead atoms. The van der Waals surface area contributed by atoms with Gasteiger partial charge in [-0.3, -0.25) is 9.10 Å². The van der Waals surface area contributed by atoms with E-state index in [0.29, 0.717) is 33.1 Å². The number of sulfonamides is 1. The zero-order valence-corrected chi connectivity index (χ0v) is 19.9. The highest BCUT2D eigenvalue weighted by molar-refractivity contribution is 7.98. The van der Waals surface area contributed by atoms with Gasteiger partial charge >= 0.3 is 0 Å². The van der Waals surface area contributed by atoms with E-state index in [1.807, 2.05) is 0 Å². The maximum atomic E-state index is 12.2. The second kappa shape index (κ2) is 11.0. The maximum absolute atomic E-state index is 12.2. The molecule has 2 rings (SSSR count). The Kier molecular flexibility index (Phi) is 9.25. The average Bonchev–Trinajstić information content (AvgIpc) is 2.63. The molecular formula is C18H18Cl4N2O3S2. The van der Waals surface area contributed by atoms with Crippen LogP contribution in [-0.4, -0.2) is 39.4 Å². The van der Waals surface area contributed by atoms with Gasteiger partial charge in [0.25, 0.3) is 0 Å². The lowest BCUT2D eigenvalue weighted by molar-refractivity contribution is -0.119. The highest BCUT2D eigenvalue weighted by atomic mass is 35.5. The number of nitrogens with zero attached hydrogens (tertiary/aromatic N) is 1. The molecule has 0 atom stereocenters. The normalized spacial score (nSPS) is 11.3. The van der Waals surface area contributed by atoms with Crippen molar-refractivity contribution < 1.29 is 13.2 Å². The number of hydrogen-bond donors (Lipinski definition) is 1. The molecule has 0 fully saturated rings. The summed E-state index contributed by atoms with van der Waals surface area (Å²) in [5, 5.41) is 4.40. The minimum Gasteiger partial charge on any atom is -0.354 e. The summed E-state index contributed by atoms with van der Waals surface area (Å²) in [6, 6.07) is 9.70. The SMILES string of the molecule is CS(=O)(=O)N(CC(=O)NCCSCc1c(Cl)cccc1Cl)c1ccc(Cl)c(Cl)c1. The molecule has 1 amide bonds. The molecule has 0 spiro atoms. The highest BCUT2D eigenvalue weighted by Crippen LogP contribution is 2.29. The van der Waals surface area contributed by atoms with Gasteiger partial charge in [-0.25, -0.2) is 8.42 Å². The highest BCUT2D eigenvalue weighted by Gasteiger charge is 2.21. The zero-order valence-electron chi connectivity index (χ0n) is 15.3. The molecule has 2 aromatic carbocycles. The number of rotatable bonds is 9. The summed E-state index contributed by atoms with van der Waals surface area (Å²) in [6.07, 6.45) is 1.02. The zero-order chi connectivity index (χ0) is 21.6. The number of thioether (sulfide) groups is 1. The van der Waals surface area contributed by atoms with E-state index in [1.54, 1.807) is 30.0 Å². The molecule has 2 aromatic rings. The van der Waals surface area contributed by atoms with Crippen LogP contribution in [0.15, 0.2) is 36.4 Å². The van der Waals surface area contributed by atoms with E-state index in [0.717, 1.165) is 16.1 Å². The van der Waals surface area contributed by atoms with E-state index in [1.165, 1.54) is 18.2 Å². The molecule has 0 saturated heterocycles. The smallest absolute Gasteiger partial charge is 0.240 e. The van der Waals surface area contributed by atoms with Crippen molar-refractivity contribution in [2.75, 3.05) is 29.4 Å². The lowest BCUT2D eigenvalue weighted by atomic mass is 10.2. The Hall–Kier alpha value is -0.830. The Morgan fingerprint density at radius 3 is 2.28 bits per heavy atom. The second-order valence-electron chi connectivity index (χ2n) is 5.97. The summed E-state index contributed by atoms with van der Waals surface area (Å²) in [4.78, 5) is 12.2. The molecule has 1 N–H and O–H groups in total. The summed E-state index contributed by atoms with van der Waals surface area (Å²) in [5.41, 5.74) is 1.11. The number of benzene rings is 2. The fourth-order valence-corrected chi connectivity index (χ4v) is 5.07. The molecule has 0 saturated carbocycles. The monoisotopic (exact) mass is 514 g/mol. The molecule has 0 aliphatic rings. The van der Waals surface area contributed by atoms with Gasteiger partial charge in [-0.05, 0) is 35.9 Å². The number of halogens is 4. The van der Waals surface area contributed by atoms with E-state index in [-0.39, 0.29) is 17.3 Å². The van der Waals surface area contributed by atoms with Gasteiger partial charge in [-0.2, -0.15) is 11.8 Å². The molecular weight excluding hydrogens is 498 g/mol. The summed E-state index contributed by atoms with van der Waals surface area (Å²) >= 11 is 25.6. The Balaban J connectivity index is 1.88. The van der Waals surface area contributed by atoms with Crippen LogP contribution in [0, 0.1) is 0 Å². The van der Waals surface area contributed by atoms with Crippen LogP contribution in [0.25, 0.3) is 0 Å². The third-order valence-electron chi connectivity index (χ3n) is 3.76. The molecule has 0 radical (unpaired) electrons. The number of nitrogens with one attached hydrogen (secondary N) is 1. The summed E-state index contributed by atoms with van der Waals surface area (Å²) in [6.45, 7) is 0.00233. The minimum absolute atomic E-state index is 0.202. The van der Waals surface area contributed by atoms with Crippen LogP contribution in [0.1, 0.15) is 5.56 Å².